The Bertz CT molecular complexity index is 477. The molecule has 4 heteroatoms. The van der Waals surface area contributed by atoms with Gasteiger partial charge in [-0.05, 0) is 35.7 Å². The van der Waals surface area contributed by atoms with Gasteiger partial charge in [0.25, 0.3) is 0 Å². The van der Waals surface area contributed by atoms with Crippen molar-refractivity contribution in [2.75, 3.05) is 19.0 Å². The Morgan fingerprint density at radius 1 is 1.29 bits per heavy atom. The fourth-order valence-electron chi connectivity index (χ4n) is 1.42. The topological polar surface area (TPSA) is 38.3 Å². The van der Waals surface area contributed by atoms with Gasteiger partial charge in [-0.3, -0.25) is 4.79 Å². The lowest BCUT2D eigenvalue weighted by atomic mass is 10.2. The molecule has 1 N–H and O–H groups in total. The summed E-state index contributed by atoms with van der Waals surface area (Å²) in [5, 5.41) is 4.99. The first-order valence-electron chi connectivity index (χ1n) is 5.24. The Hall–Kier alpha value is -1.81. The second kappa shape index (κ2) is 5.50. The summed E-state index contributed by atoms with van der Waals surface area (Å²) in [6.07, 6.45) is 0. The number of methoxy groups -OCH3 is 1. The Balaban J connectivity index is 1.91. The maximum atomic E-state index is 11.7. The van der Waals surface area contributed by atoms with E-state index >= 15 is 0 Å². The van der Waals surface area contributed by atoms with E-state index in [0.717, 1.165) is 16.3 Å². The normalized spacial score (nSPS) is 9.94. The minimum absolute atomic E-state index is 0.107. The molecule has 0 spiro atoms. The van der Waals surface area contributed by atoms with Crippen molar-refractivity contribution in [3.8, 4) is 5.75 Å². The molecule has 0 saturated heterocycles. The van der Waals surface area contributed by atoms with Gasteiger partial charge in [-0.1, -0.05) is 6.07 Å². The van der Waals surface area contributed by atoms with Crippen LogP contribution in [0.5, 0.6) is 5.75 Å². The molecular formula is C13H13NO2S. The summed E-state index contributed by atoms with van der Waals surface area (Å²) >= 11 is 1.46. The van der Waals surface area contributed by atoms with Crippen LogP contribution in [0.15, 0.2) is 41.8 Å². The molecule has 0 bridgehead atoms. The number of carbonyl (C=O) groups is 1. The molecule has 0 aliphatic rings. The van der Waals surface area contributed by atoms with Crippen molar-refractivity contribution in [1.29, 1.82) is 0 Å². The standard InChI is InChI=1S/C13H13NO2S/c1-16-11-6-4-10(5-7-11)14-9-12(15)13-3-2-8-17-13/h2-8,14H,9H2,1H3. The van der Waals surface area contributed by atoms with Crippen molar-refractivity contribution in [3.63, 3.8) is 0 Å². The highest BCUT2D eigenvalue weighted by Gasteiger charge is 2.05. The average Bonchev–Trinajstić information content (AvgIpc) is 2.90. The second-order valence-electron chi connectivity index (χ2n) is 3.48. The second-order valence-corrected chi connectivity index (χ2v) is 4.43. The maximum absolute atomic E-state index is 11.7. The Morgan fingerprint density at radius 2 is 2.06 bits per heavy atom. The van der Waals surface area contributed by atoms with Crippen LogP contribution in [-0.2, 0) is 0 Å². The smallest absolute Gasteiger partial charge is 0.191 e. The fourth-order valence-corrected chi connectivity index (χ4v) is 2.08. The van der Waals surface area contributed by atoms with E-state index in [1.165, 1.54) is 11.3 Å². The highest BCUT2D eigenvalue weighted by atomic mass is 32.1. The molecule has 1 aromatic carbocycles. The van der Waals surface area contributed by atoms with Gasteiger partial charge >= 0.3 is 0 Å². The number of nitrogens with one attached hydrogen (secondary N) is 1. The first-order valence-corrected chi connectivity index (χ1v) is 6.12. The number of thiophene rings is 1. The molecule has 1 heterocycles. The molecular weight excluding hydrogens is 234 g/mol. The van der Waals surface area contributed by atoms with Gasteiger partial charge in [0.1, 0.15) is 5.75 Å². The quantitative estimate of drug-likeness (QED) is 0.825. The predicted octanol–water partition coefficient (Wildman–Crippen LogP) is 3.05. The highest BCUT2D eigenvalue weighted by Crippen LogP contribution is 2.15. The van der Waals surface area contributed by atoms with E-state index in [4.69, 9.17) is 4.74 Å². The van der Waals surface area contributed by atoms with E-state index < -0.39 is 0 Å². The zero-order valence-electron chi connectivity index (χ0n) is 9.47. The molecule has 0 aliphatic carbocycles. The minimum atomic E-state index is 0.107. The molecule has 1 aromatic heterocycles. The van der Waals surface area contributed by atoms with Crippen molar-refractivity contribution >= 4 is 22.8 Å². The van der Waals surface area contributed by atoms with E-state index in [0.29, 0.717) is 6.54 Å². The van der Waals surface area contributed by atoms with E-state index in [1.54, 1.807) is 7.11 Å². The van der Waals surface area contributed by atoms with Gasteiger partial charge in [0.2, 0.25) is 0 Å². The molecule has 0 radical (unpaired) electrons. The number of ketones is 1. The molecule has 2 aromatic rings. The average molecular weight is 247 g/mol. The van der Waals surface area contributed by atoms with E-state index in [1.807, 2.05) is 41.8 Å². The molecule has 0 amide bonds. The lowest BCUT2D eigenvalue weighted by molar-refractivity contribution is 0.101. The molecule has 0 unspecified atom stereocenters. The number of carbonyl (C=O) groups excluding carboxylic acids is 1. The summed E-state index contributed by atoms with van der Waals surface area (Å²) in [5.74, 6) is 0.913. The lowest BCUT2D eigenvalue weighted by Gasteiger charge is -2.05. The van der Waals surface area contributed by atoms with Gasteiger partial charge in [-0.2, -0.15) is 0 Å². The highest BCUT2D eigenvalue weighted by molar-refractivity contribution is 7.12. The van der Waals surface area contributed by atoms with Crippen LogP contribution in [-0.4, -0.2) is 19.4 Å². The number of Topliss-reactive ketones (excluding diaryl/α,β-unsaturated/α-hetero) is 1. The Labute approximate surface area is 104 Å². The molecule has 2 rings (SSSR count). The molecule has 0 fully saturated rings. The summed E-state index contributed by atoms with van der Waals surface area (Å²) in [4.78, 5) is 12.5. The van der Waals surface area contributed by atoms with E-state index in [9.17, 15) is 4.79 Å². The Kier molecular flexibility index (Phi) is 3.77. The van der Waals surface area contributed by atoms with Gasteiger partial charge in [-0.25, -0.2) is 0 Å². The first-order chi connectivity index (χ1) is 8.29. The molecule has 0 saturated carbocycles. The number of hydrogen-bond acceptors (Lipinski definition) is 4. The lowest BCUT2D eigenvalue weighted by Crippen LogP contribution is -2.12. The third-order valence-corrected chi connectivity index (χ3v) is 3.25. The zero-order chi connectivity index (χ0) is 12.1. The number of benzene rings is 1. The van der Waals surface area contributed by atoms with Crippen LogP contribution >= 0.6 is 11.3 Å². The van der Waals surface area contributed by atoms with E-state index in [-0.39, 0.29) is 5.78 Å². The van der Waals surface area contributed by atoms with Gasteiger partial charge in [0.15, 0.2) is 5.78 Å². The molecule has 0 aliphatic heterocycles. The SMILES string of the molecule is COc1ccc(NCC(=O)c2cccs2)cc1. The fraction of sp³-hybridized carbons (Fsp3) is 0.154. The van der Waals surface area contributed by atoms with Gasteiger partial charge in [0.05, 0.1) is 18.5 Å². The monoisotopic (exact) mass is 247 g/mol. The number of rotatable bonds is 5. The van der Waals surface area contributed by atoms with Gasteiger partial charge in [-0.15, -0.1) is 11.3 Å². The maximum Gasteiger partial charge on any atom is 0.191 e. The van der Waals surface area contributed by atoms with Crippen LogP contribution in [0, 0.1) is 0 Å². The van der Waals surface area contributed by atoms with Crippen molar-refractivity contribution in [2.24, 2.45) is 0 Å². The third kappa shape index (κ3) is 3.07. The minimum Gasteiger partial charge on any atom is -0.497 e. The third-order valence-electron chi connectivity index (χ3n) is 2.34. The summed E-state index contributed by atoms with van der Waals surface area (Å²) in [7, 11) is 1.63. The summed E-state index contributed by atoms with van der Waals surface area (Å²) < 4.78 is 5.06. The summed E-state index contributed by atoms with van der Waals surface area (Å²) in [5.41, 5.74) is 0.913. The van der Waals surface area contributed by atoms with Crippen LogP contribution in [0.25, 0.3) is 0 Å². The van der Waals surface area contributed by atoms with Crippen molar-refractivity contribution in [2.45, 2.75) is 0 Å². The van der Waals surface area contributed by atoms with Gasteiger partial charge < -0.3 is 10.1 Å². The van der Waals surface area contributed by atoms with Crippen molar-refractivity contribution in [1.82, 2.24) is 0 Å². The van der Waals surface area contributed by atoms with Crippen molar-refractivity contribution < 1.29 is 9.53 Å². The predicted molar refractivity (Wildman–Crippen MR) is 70.1 cm³/mol. The van der Waals surface area contributed by atoms with Crippen LogP contribution in [0.4, 0.5) is 5.69 Å². The molecule has 17 heavy (non-hydrogen) atoms. The largest absolute Gasteiger partial charge is 0.497 e. The molecule has 88 valence electrons. The molecule has 0 atom stereocenters. The summed E-state index contributed by atoms with van der Waals surface area (Å²) in [6.45, 7) is 0.312. The van der Waals surface area contributed by atoms with E-state index in [2.05, 4.69) is 5.32 Å². The molecule has 3 nitrogen and oxygen atoms in total. The van der Waals surface area contributed by atoms with Crippen LogP contribution in [0.2, 0.25) is 0 Å². The summed E-state index contributed by atoms with van der Waals surface area (Å²) in [6, 6.07) is 11.2. The number of ether oxygens (including phenoxy) is 1. The Morgan fingerprint density at radius 3 is 2.65 bits per heavy atom. The van der Waals surface area contributed by atoms with Crippen LogP contribution in [0.3, 0.4) is 0 Å². The van der Waals surface area contributed by atoms with Crippen molar-refractivity contribution in [3.05, 3.63) is 46.7 Å². The zero-order valence-corrected chi connectivity index (χ0v) is 10.3. The number of anilines is 1. The first kappa shape index (κ1) is 11.7. The number of hydrogen-bond donors (Lipinski definition) is 1. The van der Waals surface area contributed by atoms with Crippen LogP contribution < -0.4 is 10.1 Å². The van der Waals surface area contributed by atoms with Crippen LogP contribution in [0.1, 0.15) is 9.67 Å². The van der Waals surface area contributed by atoms with Gasteiger partial charge in [0, 0.05) is 5.69 Å².